The number of sulfonamides is 1. The molecule has 3 rings (SSSR count). The van der Waals surface area contributed by atoms with Crippen molar-refractivity contribution in [2.24, 2.45) is 11.2 Å². The van der Waals surface area contributed by atoms with Crippen LogP contribution >= 0.6 is 0 Å². The molecule has 0 spiro atoms. The lowest BCUT2D eigenvalue weighted by molar-refractivity contribution is -0.707. The van der Waals surface area contributed by atoms with Gasteiger partial charge in [0.25, 0.3) is 16.3 Å². The van der Waals surface area contributed by atoms with Crippen molar-refractivity contribution in [3.8, 4) is 16.9 Å². The monoisotopic (exact) mass is 712 g/mol. The van der Waals surface area contributed by atoms with E-state index < -0.39 is 40.2 Å². The second-order valence-electron chi connectivity index (χ2n) is 11.3. The SMILES string of the molecule is Cc1ccc(-c2cc(C(F)(F)F)nn2-c2ccc(S(=O)(=O)NC(=O)OCCCCCCN(C)/[N+]([O-])=N/OC(C)OC(=O)C(C)C)cc2)cc1. The number of carbonyl (C=O) groups excluding carboxylic acids is 2. The first-order valence-electron chi connectivity index (χ1n) is 15.3. The van der Waals surface area contributed by atoms with Gasteiger partial charge in [-0.25, -0.2) is 22.6 Å². The predicted octanol–water partition coefficient (Wildman–Crippen LogP) is 6.13. The highest BCUT2D eigenvalue weighted by Crippen LogP contribution is 2.33. The maximum Gasteiger partial charge on any atom is 0.435 e. The quantitative estimate of drug-likeness (QED) is 0.0456. The molecule has 2 aromatic carbocycles. The van der Waals surface area contributed by atoms with Crippen molar-refractivity contribution >= 4 is 22.1 Å². The lowest BCUT2D eigenvalue weighted by Gasteiger charge is -2.14. The first-order chi connectivity index (χ1) is 23.0. The van der Waals surface area contributed by atoms with E-state index in [1.165, 1.54) is 31.1 Å². The van der Waals surface area contributed by atoms with Gasteiger partial charge in [-0.3, -0.25) is 9.63 Å². The Labute approximate surface area is 282 Å². The number of nitrogens with one attached hydrogen (secondary N) is 1. The zero-order valence-corrected chi connectivity index (χ0v) is 28.5. The molecule has 49 heavy (non-hydrogen) atoms. The van der Waals surface area contributed by atoms with Crippen LogP contribution in [-0.4, -0.2) is 66.7 Å². The van der Waals surface area contributed by atoms with Crippen LogP contribution in [-0.2, 0) is 35.3 Å². The minimum Gasteiger partial charge on any atom is -0.569 e. The fourth-order valence-electron chi connectivity index (χ4n) is 4.15. The molecule has 1 aromatic heterocycles. The zero-order chi connectivity index (χ0) is 36.4. The molecule has 18 heteroatoms. The fourth-order valence-corrected chi connectivity index (χ4v) is 5.04. The summed E-state index contributed by atoms with van der Waals surface area (Å²) in [5.74, 6) is -0.843. The molecule has 0 saturated heterocycles. The highest BCUT2D eigenvalue weighted by Gasteiger charge is 2.35. The van der Waals surface area contributed by atoms with Crippen LogP contribution in [0.5, 0.6) is 0 Å². The lowest BCUT2D eigenvalue weighted by atomic mass is 10.1. The molecule has 1 unspecified atom stereocenters. The van der Waals surface area contributed by atoms with E-state index in [-0.39, 0.29) is 33.8 Å². The van der Waals surface area contributed by atoms with Crippen molar-refractivity contribution in [2.45, 2.75) is 70.7 Å². The maximum atomic E-state index is 13.5. The van der Waals surface area contributed by atoms with Crippen molar-refractivity contribution in [3.63, 3.8) is 0 Å². The van der Waals surface area contributed by atoms with E-state index in [2.05, 4.69) is 10.4 Å². The van der Waals surface area contributed by atoms with Gasteiger partial charge in [-0.2, -0.15) is 18.3 Å². The van der Waals surface area contributed by atoms with Gasteiger partial charge in [0.2, 0.25) is 5.28 Å². The molecule has 0 saturated carbocycles. The van der Waals surface area contributed by atoms with Gasteiger partial charge in [-0.05, 0) is 56.5 Å². The number of benzene rings is 2. The smallest absolute Gasteiger partial charge is 0.435 e. The average molecular weight is 713 g/mol. The Balaban J connectivity index is 1.45. The van der Waals surface area contributed by atoms with Gasteiger partial charge in [0, 0.05) is 12.5 Å². The molecule has 0 aliphatic carbocycles. The summed E-state index contributed by atoms with van der Waals surface area (Å²) in [6.45, 7) is 6.84. The molecule has 1 atom stereocenters. The number of hydrogen-bond acceptors (Lipinski definition) is 10. The molecule has 0 bridgehead atoms. The topological polar surface area (TPSA) is 167 Å². The Hall–Kier alpha value is -4.87. The van der Waals surface area contributed by atoms with Crippen LogP contribution in [0.1, 0.15) is 57.7 Å². The summed E-state index contributed by atoms with van der Waals surface area (Å²) in [7, 11) is -2.85. The van der Waals surface area contributed by atoms with Crippen molar-refractivity contribution in [3.05, 3.63) is 71.1 Å². The van der Waals surface area contributed by atoms with E-state index in [0.29, 0.717) is 37.8 Å². The number of alkyl halides is 3. The first kappa shape index (κ1) is 38.6. The Morgan fingerprint density at radius 3 is 2.29 bits per heavy atom. The van der Waals surface area contributed by atoms with Crippen LogP contribution in [0.3, 0.4) is 0 Å². The van der Waals surface area contributed by atoms with Crippen LogP contribution in [0, 0.1) is 18.0 Å². The third-order valence-corrected chi connectivity index (χ3v) is 8.20. The maximum absolute atomic E-state index is 13.5. The molecule has 268 valence electrons. The molecule has 0 radical (unpaired) electrons. The average Bonchev–Trinajstić information content (AvgIpc) is 3.49. The third kappa shape index (κ3) is 11.7. The molecule has 3 aromatic rings. The summed E-state index contributed by atoms with van der Waals surface area (Å²) in [4.78, 5) is 28.5. The summed E-state index contributed by atoms with van der Waals surface area (Å²) in [5, 5.41) is 20.3. The minimum atomic E-state index is -4.70. The molecule has 0 aliphatic rings. The normalized spacial score (nSPS) is 12.8. The molecule has 14 nitrogen and oxygen atoms in total. The van der Waals surface area contributed by atoms with Crippen LogP contribution in [0.4, 0.5) is 18.0 Å². The van der Waals surface area contributed by atoms with E-state index >= 15 is 0 Å². The Kier molecular flexibility index (Phi) is 13.4. The summed E-state index contributed by atoms with van der Waals surface area (Å²) >= 11 is 0. The number of unbranched alkanes of at least 4 members (excludes halogenated alkanes) is 3. The largest absolute Gasteiger partial charge is 0.569 e. The van der Waals surface area contributed by atoms with Crippen LogP contribution in [0.2, 0.25) is 0 Å². The Bertz CT molecular complexity index is 1700. The number of hydrogen-bond donors (Lipinski definition) is 1. The van der Waals surface area contributed by atoms with Crippen LogP contribution in [0.15, 0.2) is 64.8 Å². The number of aryl methyl sites for hydroxylation is 1. The number of hydrazine groups is 1. The number of rotatable bonds is 16. The van der Waals surface area contributed by atoms with Crippen LogP contribution in [0.25, 0.3) is 16.9 Å². The van der Waals surface area contributed by atoms with E-state index in [1.807, 2.05) is 6.92 Å². The van der Waals surface area contributed by atoms with E-state index in [1.54, 1.807) is 42.8 Å². The standard InChI is InChI=1S/C31H39F3N6O8S/c1-21(2)29(41)47-23(4)48-37-40(43)38(5)18-8-6-7-9-19-46-30(42)36-49(44,45)26-16-14-25(15-17-26)39-27(20-28(35-39)31(32,33)34)24-12-10-22(3)11-13-24/h10-17,20-21,23H,6-9,18-19H2,1-5H3,(H,36,42)/b40-37-. The van der Waals surface area contributed by atoms with Gasteiger partial charge in [-0.15, -0.1) is 5.01 Å². The van der Waals surface area contributed by atoms with Crippen molar-refractivity contribution < 1.29 is 50.5 Å². The first-order valence-corrected chi connectivity index (χ1v) is 16.8. The highest BCUT2D eigenvalue weighted by atomic mass is 32.2. The third-order valence-electron chi connectivity index (χ3n) is 6.88. The molecule has 1 heterocycles. The van der Waals surface area contributed by atoms with Gasteiger partial charge < -0.3 is 14.7 Å². The number of esters is 1. The number of nitrogens with zero attached hydrogens (tertiary/aromatic N) is 5. The number of halogens is 3. The van der Waals surface area contributed by atoms with E-state index in [9.17, 15) is 36.4 Å². The van der Waals surface area contributed by atoms with Gasteiger partial charge >= 0.3 is 18.2 Å². The fraction of sp³-hybridized carbons (Fsp3) is 0.452. The van der Waals surface area contributed by atoms with Gasteiger partial charge in [0.15, 0.2) is 5.69 Å². The molecular weight excluding hydrogens is 673 g/mol. The number of carbonyl (C=O) groups is 2. The van der Waals surface area contributed by atoms with Gasteiger partial charge in [0.1, 0.15) is 0 Å². The Morgan fingerprint density at radius 1 is 1.04 bits per heavy atom. The second kappa shape index (κ2) is 17.0. The number of aromatic nitrogens is 2. The summed E-state index contributed by atoms with van der Waals surface area (Å²) in [6.07, 6.45) is -4.65. The van der Waals surface area contributed by atoms with Crippen LogP contribution < -0.4 is 4.72 Å². The summed E-state index contributed by atoms with van der Waals surface area (Å²) in [6, 6.07) is 12.6. The molecule has 1 amide bonds. The van der Waals surface area contributed by atoms with Crippen molar-refractivity contribution in [2.75, 3.05) is 20.2 Å². The van der Waals surface area contributed by atoms with E-state index in [0.717, 1.165) is 28.4 Å². The number of amides is 1. The second-order valence-corrected chi connectivity index (χ2v) is 13.0. The zero-order valence-electron chi connectivity index (χ0n) is 27.6. The summed E-state index contributed by atoms with van der Waals surface area (Å²) < 4.78 is 78.7. The molecular formula is C31H39F3N6O8S. The van der Waals surface area contributed by atoms with Gasteiger partial charge in [0.05, 0.1) is 47.4 Å². The molecule has 0 aliphatic heterocycles. The number of ether oxygens (including phenoxy) is 2. The van der Waals surface area contributed by atoms with E-state index in [4.69, 9.17) is 14.3 Å². The molecule has 1 N–H and O–H groups in total. The van der Waals surface area contributed by atoms with Gasteiger partial charge in [-0.1, -0.05) is 50.1 Å². The lowest BCUT2D eigenvalue weighted by Crippen LogP contribution is -2.31. The predicted molar refractivity (Wildman–Crippen MR) is 169 cm³/mol. The molecule has 0 fully saturated rings. The van der Waals surface area contributed by atoms with Crippen molar-refractivity contribution in [1.82, 2.24) is 19.5 Å². The van der Waals surface area contributed by atoms with Crippen molar-refractivity contribution in [1.29, 1.82) is 0 Å². The minimum absolute atomic E-state index is 0.0669. The summed E-state index contributed by atoms with van der Waals surface area (Å²) in [5.41, 5.74) is 0.608. The Morgan fingerprint density at radius 2 is 1.67 bits per heavy atom. The highest BCUT2D eigenvalue weighted by molar-refractivity contribution is 7.90.